The molecule has 1 unspecified atom stereocenters. The number of benzene rings is 1. The summed E-state index contributed by atoms with van der Waals surface area (Å²) in [5, 5.41) is 3.42. The lowest BCUT2D eigenvalue weighted by Crippen LogP contribution is -2.20. The van der Waals surface area contributed by atoms with E-state index in [1.165, 1.54) is 12.1 Å². The molecule has 0 aliphatic carbocycles. The number of hydrogen-bond donors (Lipinski definition) is 1. The minimum absolute atomic E-state index is 0.219. The van der Waals surface area contributed by atoms with Gasteiger partial charge in [0.15, 0.2) is 5.82 Å². The molecule has 0 radical (unpaired) electrons. The van der Waals surface area contributed by atoms with Crippen molar-refractivity contribution in [1.29, 1.82) is 0 Å². The monoisotopic (exact) mass is 273 g/mol. The summed E-state index contributed by atoms with van der Waals surface area (Å²) in [6, 6.07) is 6.57. The predicted octanol–water partition coefficient (Wildman–Crippen LogP) is 3.65. The van der Waals surface area contributed by atoms with E-state index in [1.54, 1.807) is 6.07 Å². The molecular weight excluding hydrogens is 253 g/mol. The van der Waals surface area contributed by atoms with Crippen molar-refractivity contribution in [3.8, 4) is 11.4 Å². The normalized spacial score (nSPS) is 12.4. The van der Waals surface area contributed by atoms with E-state index in [4.69, 9.17) is 0 Å². The van der Waals surface area contributed by atoms with Crippen LogP contribution < -0.4 is 5.32 Å². The van der Waals surface area contributed by atoms with Crippen LogP contribution in [0.15, 0.2) is 30.5 Å². The van der Waals surface area contributed by atoms with Gasteiger partial charge in [-0.25, -0.2) is 14.4 Å². The van der Waals surface area contributed by atoms with Crippen LogP contribution in [0.1, 0.15) is 37.6 Å². The molecular formula is C16H20FN3. The van der Waals surface area contributed by atoms with Gasteiger partial charge in [0.05, 0.1) is 0 Å². The van der Waals surface area contributed by atoms with Gasteiger partial charge in [-0.3, -0.25) is 0 Å². The summed E-state index contributed by atoms with van der Waals surface area (Å²) in [6.45, 7) is 7.16. The molecule has 0 aliphatic heterocycles. The number of hydrogen-bond acceptors (Lipinski definition) is 3. The zero-order valence-corrected chi connectivity index (χ0v) is 12.2. The van der Waals surface area contributed by atoms with E-state index in [0.29, 0.717) is 11.4 Å². The Labute approximate surface area is 119 Å². The van der Waals surface area contributed by atoms with E-state index in [-0.39, 0.29) is 11.9 Å². The quantitative estimate of drug-likeness (QED) is 0.903. The highest BCUT2D eigenvalue weighted by Crippen LogP contribution is 2.20. The van der Waals surface area contributed by atoms with Gasteiger partial charge in [0, 0.05) is 29.1 Å². The molecule has 0 spiro atoms. The van der Waals surface area contributed by atoms with Gasteiger partial charge in [-0.15, -0.1) is 0 Å². The highest BCUT2D eigenvalue weighted by atomic mass is 19.1. The molecule has 0 saturated carbocycles. The maximum absolute atomic E-state index is 13.2. The zero-order valence-electron chi connectivity index (χ0n) is 12.2. The Morgan fingerprint density at radius 3 is 2.80 bits per heavy atom. The van der Waals surface area contributed by atoms with Crippen LogP contribution in [0.25, 0.3) is 11.4 Å². The first-order valence-corrected chi connectivity index (χ1v) is 6.94. The van der Waals surface area contributed by atoms with E-state index in [1.807, 2.05) is 19.2 Å². The molecule has 3 nitrogen and oxygen atoms in total. The lowest BCUT2D eigenvalue weighted by Gasteiger charge is -2.15. The summed E-state index contributed by atoms with van der Waals surface area (Å²) in [7, 11) is 0. The number of aryl methyl sites for hydroxylation is 1. The smallest absolute Gasteiger partial charge is 0.159 e. The van der Waals surface area contributed by atoms with Gasteiger partial charge < -0.3 is 5.32 Å². The molecule has 0 fully saturated rings. The molecule has 0 bridgehead atoms. The molecule has 0 amide bonds. The first-order chi connectivity index (χ1) is 9.61. The number of nitrogens with zero attached hydrogens (tertiary/aromatic N) is 2. The second-order valence-electron chi connectivity index (χ2n) is 4.92. The Morgan fingerprint density at radius 2 is 2.15 bits per heavy atom. The third kappa shape index (κ3) is 3.39. The Bertz CT molecular complexity index is 584. The molecule has 0 saturated heterocycles. The zero-order chi connectivity index (χ0) is 14.5. The molecule has 1 atom stereocenters. The molecule has 4 heteroatoms. The summed E-state index contributed by atoms with van der Waals surface area (Å²) >= 11 is 0. The number of halogens is 1. The second-order valence-corrected chi connectivity index (χ2v) is 4.92. The summed E-state index contributed by atoms with van der Waals surface area (Å²) < 4.78 is 13.2. The van der Waals surface area contributed by atoms with Gasteiger partial charge >= 0.3 is 0 Å². The average molecular weight is 273 g/mol. The van der Waals surface area contributed by atoms with E-state index in [9.17, 15) is 4.39 Å². The van der Waals surface area contributed by atoms with Gasteiger partial charge in [0.1, 0.15) is 5.82 Å². The largest absolute Gasteiger partial charge is 0.310 e. The third-order valence-corrected chi connectivity index (χ3v) is 3.27. The fourth-order valence-electron chi connectivity index (χ4n) is 2.14. The van der Waals surface area contributed by atoms with Crippen molar-refractivity contribution in [2.24, 2.45) is 0 Å². The summed E-state index contributed by atoms with van der Waals surface area (Å²) in [5.41, 5.74) is 2.71. The highest BCUT2D eigenvalue weighted by Gasteiger charge is 2.11. The molecule has 1 heterocycles. The standard InChI is InChI=1S/C16H20FN3/c1-4-8-18-11(2)15-10-19-16(20-12(15)3)13-6-5-7-14(17)9-13/h5-7,9-11,18H,4,8H2,1-3H3. The fourth-order valence-corrected chi connectivity index (χ4v) is 2.14. The van der Waals surface area contributed by atoms with Crippen molar-refractivity contribution in [3.05, 3.63) is 47.5 Å². The molecule has 2 aromatic rings. The van der Waals surface area contributed by atoms with E-state index >= 15 is 0 Å². The molecule has 2 rings (SSSR count). The number of rotatable bonds is 5. The van der Waals surface area contributed by atoms with Crippen LogP contribution in [0.4, 0.5) is 4.39 Å². The molecule has 1 N–H and O–H groups in total. The van der Waals surface area contributed by atoms with Crippen LogP contribution >= 0.6 is 0 Å². The van der Waals surface area contributed by atoms with Crippen molar-refractivity contribution in [2.45, 2.75) is 33.2 Å². The van der Waals surface area contributed by atoms with Crippen LogP contribution in [-0.2, 0) is 0 Å². The van der Waals surface area contributed by atoms with Crippen LogP contribution in [0, 0.1) is 12.7 Å². The lowest BCUT2D eigenvalue weighted by molar-refractivity contribution is 0.564. The molecule has 20 heavy (non-hydrogen) atoms. The van der Waals surface area contributed by atoms with Crippen LogP contribution in [-0.4, -0.2) is 16.5 Å². The Hall–Kier alpha value is -1.81. The molecule has 1 aromatic carbocycles. The van der Waals surface area contributed by atoms with E-state index in [0.717, 1.165) is 24.2 Å². The van der Waals surface area contributed by atoms with Crippen molar-refractivity contribution in [3.63, 3.8) is 0 Å². The fraction of sp³-hybridized carbons (Fsp3) is 0.375. The highest BCUT2D eigenvalue weighted by molar-refractivity contribution is 5.55. The Morgan fingerprint density at radius 1 is 1.35 bits per heavy atom. The Balaban J connectivity index is 2.25. The SMILES string of the molecule is CCCNC(C)c1cnc(-c2cccc(F)c2)nc1C. The molecule has 1 aromatic heterocycles. The van der Waals surface area contributed by atoms with Gasteiger partial charge in [0.2, 0.25) is 0 Å². The Kier molecular flexibility index (Phi) is 4.79. The second kappa shape index (κ2) is 6.57. The molecule has 0 aliphatic rings. The van der Waals surface area contributed by atoms with Crippen LogP contribution in [0.3, 0.4) is 0 Å². The van der Waals surface area contributed by atoms with Crippen LogP contribution in [0.5, 0.6) is 0 Å². The van der Waals surface area contributed by atoms with E-state index in [2.05, 4.69) is 29.1 Å². The maximum Gasteiger partial charge on any atom is 0.159 e. The predicted molar refractivity (Wildman–Crippen MR) is 78.9 cm³/mol. The van der Waals surface area contributed by atoms with Crippen LogP contribution in [0.2, 0.25) is 0 Å². The lowest BCUT2D eigenvalue weighted by atomic mass is 10.1. The van der Waals surface area contributed by atoms with Crippen molar-refractivity contribution < 1.29 is 4.39 Å². The van der Waals surface area contributed by atoms with Crippen molar-refractivity contribution in [1.82, 2.24) is 15.3 Å². The van der Waals surface area contributed by atoms with Gasteiger partial charge in [0.25, 0.3) is 0 Å². The summed E-state index contributed by atoms with van der Waals surface area (Å²) in [5.74, 6) is 0.291. The van der Waals surface area contributed by atoms with E-state index < -0.39 is 0 Å². The first kappa shape index (κ1) is 14.6. The van der Waals surface area contributed by atoms with Gasteiger partial charge in [-0.05, 0) is 38.9 Å². The first-order valence-electron chi connectivity index (χ1n) is 6.94. The number of nitrogens with one attached hydrogen (secondary N) is 1. The number of aromatic nitrogens is 2. The molecule has 106 valence electrons. The summed E-state index contributed by atoms with van der Waals surface area (Å²) in [4.78, 5) is 8.86. The third-order valence-electron chi connectivity index (χ3n) is 3.27. The minimum atomic E-state index is -0.272. The maximum atomic E-state index is 13.2. The summed E-state index contributed by atoms with van der Waals surface area (Å²) in [6.07, 6.45) is 2.92. The topological polar surface area (TPSA) is 37.8 Å². The van der Waals surface area contributed by atoms with Crippen molar-refractivity contribution in [2.75, 3.05) is 6.54 Å². The average Bonchev–Trinajstić information content (AvgIpc) is 2.44. The van der Waals surface area contributed by atoms with Gasteiger partial charge in [-0.2, -0.15) is 0 Å². The van der Waals surface area contributed by atoms with Gasteiger partial charge in [-0.1, -0.05) is 19.1 Å². The van der Waals surface area contributed by atoms with Crippen molar-refractivity contribution >= 4 is 0 Å². The minimum Gasteiger partial charge on any atom is -0.310 e.